The molecular formula is C21H21F3N4O5S. The number of alkyl halides is 3. The summed E-state index contributed by atoms with van der Waals surface area (Å²) in [5.74, 6) is -2.45. The van der Waals surface area contributed by atoms with E-state index in [0.29, 0.717) is 4.52 Å². The van der Waals surface area contributed by atoms with Crippen LogP contribution in [0.5, 0.6) is 0 Å². The van der Waals surface area contributed by atoms with Crippen LogP contribution in [0.2, 0.25) is 0 Å². The van der Waals surface area contributed by atoms with Gasteiger partial charge in [0.1, 0.15) is 15.6 Å². The minimum Gasteiger partial charge on any atom is -0.465 e. The number of hydrogen-bond acceptors (Lipinski definition) is 8. The Hall–Kier alpha value is -3.48. The summed E-state index contributed by atoms with van der Waals surface area (Å²) in [5, 5.41) is 6.19. The Morgan fingerprint density at radius 1 is 1.06 bits per heavy atom. The van der Waals surface area contributed by atoms with Crippen LogP contribution in [0.25, 0.3) is 5.65 Å². The van der Waals surface area contributed by atoms with Gasteiger partial charge in [0.25, 0.3) is 5.91 Å². The molecule has 0 radical (unpaired) electrons. The Morgan fingerprint density at radius 2 is 1.68 bits per heavy atom. The molecule has 9 nitrogen and oxygen atoms in total. The van der Waals surface area contributed by atoms with E-state index >= 15 is 0 Å². The number of carbonyl (C=O) groups is 3. The fourth-order valence-corrected chi connectivity index (χ4v) is 4.18. The molecule has 13 heteroatoms. The summed E-state index contributed by atoms with van der Waals surface area (Å²) in [5.41, 5.74) is -2.00. The van der Waals surface area contributed by atoms with Gasteiger partial charge in [-0.3, -0.25) is 4.79 Å². The molecular weight excluding hydrogens is 477 g/mol. The third-order valence-corrected chi connectivity index (χ3v) is 6.04. The Balaban J connectivity index is 2.10. The summed E-state index contributed by atoms with van der Waals surface area (Å²) < 4.78 is 51.1. The van der Waals surface area contributed by atoms with Crippen LogP contribution in [0.3, 0.4) is 0 Å². The molecule has 0 fully saturated rings. The normalized spacial score (nSPS) is 12.0. The van der Waals surface area contributed by atoms with Gasteiger partial charge in [-0.1, -0.05) is 20.8 Å². The summed E-state index contributed by atoms with van der Waals surface area (Å²) in [4.78, 5) is 41.5. The summed E-state index contributed by atoms with van der Waals surface area (Å²) in [7, 11) is 2.29. The number of ether oxygens (including phenoxy) is 2. The molecule has 3 rings (SSSR count). The molecule has 3 aromatic rings. The zero-order valence-corrected chi connectivity index (χ0v) is 19.9. The van der Waals surface area contributed by atoms with E-state index < -0.39 is 35.1 Å². The van der Waals surface area contributed by atoms with Gasteiger partial charge in [-0.2, -0.15) is 18.3 Å². The van der Waals surface area contributed by atoms with Crippen LogP contribution in [-0.2, 0) is 21.1 Å². The van der Waals surface area contributed by atoms with E-state index in [2.05, 4.69) is 20.1 Å². The number of methoxy groups -OCH3 is 2. The Labute approximate surface area is 195 Å². The lowest BCUT2D eigenvalue weighted by atomic mass is 9.91. The largest absolute Gasteiger partial charge is 0.465 e. The molecule has 3 heterocycles. The van der Waals surface area contributed by atoms with Crippen molar-refractivity contribution in [1.82, 2.24) is 14.6 Å². The fourth-order valence-electron chi connectivity index (χ4n) is 3.08. The first kappa shape index (κ1) is 25.1. The molecule has 34 heavy (non-hydrogen) atoms. The molecule has 182 valence electrons. The van der Waals surface area contributed by atoms with Gasteiger partial charge in [-0.25, -0.2) is 19.1 Å². The van der Waals surface area contributed by atoms with E-state index in [1.807, 2.05) is 0 Å². The van der Waals surface area contributed by atoms with Gasteiger partial charge in [-0.05, 0) is 18.6 Å². The predicted molar refractivity (Wildman–Crippen MR) is 116 cm³/mol. The maximum atomic E-state index is 13.7. The van der Waals surface area contributed by atoms with Gasteiger partial charge in [0.05, 0.1) is 25.5 Å². The fraction of sp³-hybridized carbons (Fsp3) is 0.381. The second-order valence-corrected chi connectivity index (χ2v) is 9.29. The van der Waals surface area contributed by atoms with E-state index in [0.717, 1.165) is 37.7 Å². The van der Waals surface area contributed by atoms with E-state index in [9.17, 15) is 27.6 Å². The van der Waals surface area contributed by atoms with Crippen LogP contribution in [0.4, 0.5) is 18.2 Å². The highest BCUT2D eigenvalue weighted by Gasteiger charge is 2.37. The van der Waals surface area contributed by atoms with Crippen LogP contribution in [0.15, 0.2) is 12.1 Å². The van der Waals surface area contributed by atoms with Crippen molar-refractivity contribution in [2.75, 3.05) is 19.5 Å². The number of rotatable bonds is 4. The van der Waals surface area contributed by atoms with E-state index in [1.54, 1.807) is 20.8 Å². The van der Waals surface area contributed by atoms with Gasteiger partial charge in [0.2, 0.25) is 0 Å². The lowest BCUT2D eigenvalue weighted by Crippen LogP contribution is -2.20. The molecule has 0 atom stereocenters. The average Bonchev–Trinajstić information content (AvgIpc) is 3.31. The average molecular weight is 498 g/mol. The summed E-state index contributed by atoms with van der Waals surface area (Å²) in [6, 6.07) is 2.00. The molecule has 0 bridgehead atoms. The lowest BCUT2D eigenvalue weighted by molar-refractivity contribution is -0.142. The maximum absolute atomic E-state index is 13.7. The van der Waals surface area contributed by atoms with Crippen LogP contribution >= 0.6 is 11.3 Å². The Bertz CT molecular complexity index is 1300. The minimum absolute atomic E-state index is 0.0359. The molecule has 0 saturated heterocycles. The number of thiophene rings is 1. The smallest absolute Gasteiger partial charge is 0.433 e. The van der Waals surface area contributed by atoms with Gasteiger partial charge in [-0.15, -0.1) is 11.3 Å². The van der Waals surface area contributed by atoms with Crippen molar-refractivity contribution in [2.45, 2.75) is 39.3 Å². The highest BCUT2D eigenvalue weighted by Crippen LogP contribution is 2.35. The third kappa shape index (κ3) is 4.60. The SMILES string of the molecule is COC(=O)c1sc(NC(=O)c2cc3nc(C(C)(C)C)cc(C(F)(F)F)n3n2)c(C(=O)OC)c1C. The number of nitrogens with one attached hydrogen (secondary N) is 1. The maximum Gasteiger partial charge on any atom is 0.433 e. The minimum atomic E-state index is -4.75. The lowest BCUT2D eigenvalue weighted by Gasteiger charge is -2.19. The Morgan fingerprint density at radius 3 is 2.21 bits per heavy atom. The summed E-state index contributed by atoms with van der Waals surface area (Å²) >= 11 is 0.768. The molecule has 0 saturated carbocycles. The molecule has 0 aromatic carbocycles. The number of anilines is 1. The van der Waals surface area contributed by atoms with Gasteiger partial charge in [0.15, 0.2) is 11.3 Å². The van der Waals surface area contributed by atoms with Gasteiger partial charge < -0.3 is 14.8 Å². The first-order chi connectivity index (χ1) is 15.7. The number of nitrogens with zero attached hydrogens (tertiary/aromatic N) is 3. The molecule has 1 N–H and O–H groups in total. The number of esters is 2. The highest BCUT2D eigenvalue weighted by molar-refractivity contribution is 7.18. The quantitative estimate of drug-likeness (QED) is 0.536. The van der Waals surface area contributed by atoms with Crippen LogP contribution in [0, 0.1) is 6.92 Å². The van der Waals surface area contributed by atoms with Crippen molar-refractivity contribution in [1.29, 1.82) is 0 Å². The second kappa shape index (κ2) is 8.70. The van der Waals surface area contributed by atoms with Crippen molar-refractivity contribution < 1.29 is 37.0 Å². The summed E-state index contributed by atoms with van der Waals surface area (Å²) in [6.45, 7) is 6.61. The predicted octanol–water partition coefficient (Wildman–Crippen LogP) is 4.24. The number of aromatic nitrogens is 3. The van der Waals surface area contributed by atoms with Crippen molar-refractivity contribution in [3.8, 4) is 0 Å². The van der Waals surface area contributed by atoms with Gasteiger partial charge in [0, 0.05) is 11.5 Å². The number of hydrogen-bond donors (Lipinski definition) is 1. The number of carbonyl (C=O) groups excluding carboxylic acids is 3. The van der Waals surface area contributed by atoms with Crippen LogP contribution in [-0.4, -0.2) is 46.7 Å². The van der Waals surface area contributed by atoms with Crippen molar-refractivity contribution in [3.63, 3.8) is 0 Å². The van der Waals surface area contributed by atoms with E-state index in [-0.39, 0.29) is 38.0 Å². The number of halogens is 3. The molecule has 0 aliphatic carbocycles. The molecule has 0 unspecified atom stereocenters. The molecule has 3 aromatic heterocycles. The van der Waals surface area contributed by atoms with Crippen molar-refractivity contribution in [2.24, 2.45) is 0 Å². The Kier molecular flexibility index (Phi) is 6.44. The zero-order chi connectivity index (χ0) is 25.6. The van der Waals surface area contributed by atoms with Crippen LogP contribution in [0.1, 0.15) is 68.2 Å². The number of amides is 1. The second-order valence-electron chi connectivity index (χ2n) is 8.27. The van der Waals surface area contributed by atoms with E-state index in [4.69, 9.17) is 4.74 Å². The molecule has 0 spiro atoms. The van der Waals surface area contributed by atoms with Crippen molar-refractivity contribution >= 4 is 39.8 Å². The standard InChI is InChI=1S/C21H21F3N4O5S/c1-9-14(18(30)32-5)17(34-15(9)19(31)33-6)26-16(29)10-7-13-25-11(20(2,3)4)8-12(21(22,23)24)28(13)27-10/h7-8H,1-6H3,(H,26,29). The highest BCUT2D eigenvalue weighted by atomic mass is 32.1. The third-order valence-electron chi connectivity index (χ3n) is 4.85. The monoisotopic (exact) mass is 498 g/mol. The first-order valence-corrected chi connectivity index (χ1v) is 10.6. The molecule has 0 aliphatic heterocycles. The number of fused-ring (bicyclic) bond motifs is 1. The van der Waals surface area contributed by atoms with Crippen molar-refractivity contribution in [3.05, 3.63) is 45.2 Å². The van der Waals surface area contributed by atoms with Crippen LogP contribution < -0.4 is 5.32 Å². The topological polar surface area (TPSA) is 112 Å². The zero-order valence-electron chi connectivity index (χ0n) is 19.1. The molecule has 0 aliphatic rings. The van der Waals surface area contributed by atoms with Gasteiger partial charge >= 0.3 is 18.1 Å². The van der Waals surface area contributed by atoms with E-state index in [1.165, 1.54) is 6.92 Å². The first-order valence-electron chi connectivity index (χ1n) is 9.79. The summed E-state index contributed by atoms with van der Waals surface area (Å²) in [6.07, 6.45) is -4.75. The molecule has 1 amide bonds.